The molecule has 1 saturated carbocycles. The van der Waals surface area contributed by atoms with Gasteiger partial charge in [-0.05, 0) is 35.6 Å². The first-order valence-electron chi connectivity index (χ1n) is 8.77. The Labute approximate surface area is 148 Å². The summed E-state index contributed by atoms with van der Waals surface area (Å²) in [5.41, 5.74) is 4.23. The van der Waals surface area contributed by atoms with E-state index in [4.69, 9.17) is 0 Å². The maximum atomic E-state index is 12.8. The molecule has 0 atom stereocenters. The summed E-state index contributed by atoms with van der Waals surface area (Å²) in [6.07, 6.45) is 2.27. The highest BCUT2D eigenvalue weighted by Gasteiger charge is 2.44. The van der Waals surface area contributed by atoms with Gasteiger partial charge in [0.05, 0.1) is 0 Å². The maximum Gasteiger partial charge on any atom is 0.251 e. The van der Waals surface area contributed by atoms with E-state index in [1.807, 2.05) is 60.7 Å². The Hall–Kier alpha value is -2.87. The minimum absolute atomic E-state index is 0.00154. The van der Waals surface area contributed by atoms with Gasteiger partial charge in [-0.25, -0.2) is 0 Å². The van der Waals surface area contributed by atoms with E-state index in [2.05, 4.69) is 29.6 Å². The molecule has 124 valence electrons. The van der Waals surface area contributed by atoms with Gasteiger partial charge < -0.3 is 5.32 Å². The first-order valence-corrected chi connectivity index (χ1v) is 8.77. The summed E-state index contributed by atoms with van der Waals surface area (Å²) >= 11 is 0. The van der Waals surface area contributed by atoms with Crippen LogP contribution in [0, 0.1) is 0 Å². The summed E-state index contributed by atoms with van der Waals surface area (Å²) in [4.78, 5) is 12.8. The van der Waals surface area contributed by atoms with Gasteiger partial charge in [0.25, 0.3) is 5.91 Å². The van der Waals surface area contributed by atoms with Crippen LogP contribution in [-0.4, -0.2) is 12.5 Å². The van der Waals surface area contributed by atoms with Gasteiger partial charge in [-0.3, -0.25) is 4.79 Å². The van der Waals surface area contributed by atoms with Crippen molar-refractivity contribution in [3.05, 3.63) is 96.1 Å². The maximum absolute atomic E-state index is 12.8. The summed E-state index contributed by atoms with van der Waals surface area (Å²) in [6, 6.07) is 28.4. The van der Waals surface area contributed by atoms with Crippen molar-refractivity contribution in [1.82, 2.24) is 5.32 Å². The molecule has 2 heteroatoms. The third kappa shape index (κ3) is 3.20. The van der Waals surface area contributed by atoms with E-state index >= 15 is 0 Å². The summed E-state index contributed by atoms with van der Waals surface area (Å²) in [5, 5.41) is 3.17. The van der Waals surface area contributed by atoms with Gasteiger partial charge in [-0.15, -0.1) is 0 Å². The Morgan fingerprint density at radius 3 is 2.08 bits per heavy atom. The van der Waals surface area contributed by atoms with Crippen molar-refractivity contribution in [2.45, 2.75) is 18.3 Å². The molecule has 0 heterocycles. The third-order valence-electron chi connectivity index (χ3n) is 5.08. The van der Waals surface area contributed by atoms with Crippen LogP contribution in [0.3, 0.4) is 0 Å². The molecule has 3 aromatic rings. The second kappa shape index (κ2) is 6.56. The molecule has 4 rings (SSSR count). The van der Waals surface area contributed by atoms with Gasteiger partial charge >= 0.3 is 0 Å². The summed E-state index contributed by atoms with van der Waals surface area (Å²) in [5.74, 6) is 0.00154. The van der Waals surface area contributed by atoms with Gasteiger partial charge in [-0.1, -0.05) is 78.9 Å². The van der Waals surface area contributed by atoms with Crippen LogP contribution in [0.4, 0.5) is 0 Å². The van der Waals surface area contributed by atoms with Crippen LogP contribution in [0.25, 0.3) is 11.1 Å². The first kappa shape index (κ1) is 15.6. The number of nitrogens with one attached hydrogen (secondary N) is 1. The monoisotopic (exact) mass is 327 g/mol. The highest BCUT2D eigenvalue weighted by molar-refractivity contribution is 6.00. The van der Waals surface area contributed by atoms with Crippen molar-refractivity contribution >= 4 is 5.91 Å². The zero-order valence-electron chi connectivity index (χ0n) is 14.1. The number of rotatable bonds is 5. The molecule has 0 saturated heterocycles. The number of hydrogen-bond donors (Lipinski definition) is 1. The highest BCUT2D eigenvalue weighted by Crippen LogP contribution is 2.47. The van der Waals surface area contributed by atoms with Gasteiger partial charge in [0, 0.05) is 17.5 Å². The zero-order valence-corrected chi connectivity index (χ0v) is 14.1. The van der Waals surface area contributed by atoms with Crippen molar-refractivity contribution in [1.29, 1.82) is 0 Å². The van der Waals surface area contributed by atoms with E-state index in [1.54, 1.807) is 0 Å². The quantitative estimate of drug-likeness (QED) is 0.715. The molecule has 0 bridgehead atoms. The van der Waals surface area contributed by atoms with Crippen molar-refractivity contribution in [2.75, 3.05) is 6.54 Å². The molecule has 1 N–H and O–H groups in total. The van der Waals surface area contributed by atoms with Crippen LogP contribution < -0.4 is 5.32 Å². The molecule has 1 fully saturated rings. The predicted octanol–water partition coefficient (Wildman–Crippen LogP) is 4.82. The molecule has 25 heavy (non-hydrogen) atoms. The molecule has 0 radical (unpaired) electrons. The van der Waals surface area contributed by atoms with Gasteiger partial charge in [-0.2, -0.15) is 0 Å². The number of amides is 1. The summed E-state index contributed by atoms with van der Waals surface area (Å²) in [6.45, 7) is 0.693. The first-order chi connectivity index (χ1) is 12.3. The van der Waals surface area contributed by atoms with E-state index in [-0.39, 0.29) is 11.3 Å². The lowest BCUT2D eigenvalue weighted by Crippen LogP contribution is -2.32. The molecular weight excluding hydrogens is 306 g/mol. The topological polar surface area (TPSA) is 29.1 Å². The number of benzene rings is 3. The highest BCUT2D eigenvalue weighted by atomic mass is 16.1. The van der Waals surface area contributed by atoms with E-state index < -0.39 is 0 Å². The Kier molecular flexibility index (Phi) is 4.10. The summed E-state index contributed by atoms with van der Waals surface area (Å²) < 4.78 is 0. The fourth-order valence-electron chi connectivity index (χ4n) is 3.41. The van der Waals surface area contributed by atoms with E-state index in [1.165, 1.54) is 5.56 Å². The number of carbonyl (C=O) groups is 1. The van der Waals surface area contributed by atoms with E-state index in [9.17, 15) is 4.79 Å². The molecule has 0 aliphatic heterocycles. The fraction of sp³-hybridized carbons (Fsp3) is 0.174. The van der Waals surface area contributed by atoms with Gasteiger partial charge in [0.2, 0.25) is 0 Å². The van der Waals surface area contributed by atoms with Crippen molar-refractivity contribution in [2.24, 2.45) is 0 Å². The van der Waals surface area contributed by atoms with Crippen LogP contribution in [0.5, 0.6) is 0 Å². The normalized spacial score (nSPS) is 14.7. The van der Waals surface area contributed by atoms with E-state index in [0.717, 1.165) is 29.5 Å². The molecule has 1 aliphatic carbocycles. The van der Waals surface area contributed by atoms with Crippen LogP contribution in [0.1, 0.15) is 28.8 Å². The second-order valence-electron chi connectivity index (χ2n) is 6.74. The van der Waals surface area contributed by atoms with Gasteiger partial charge in [0.15, 0.2) is 0 Å². The van der Waals surface area contributed by atoms with E-state index in [0.29, 0.717) is 6.54 Å². The summed E-state index contributed by atoms with van der Waals surface area (Å²) in [7, 11) is 0. The fourth-order valence-corrected chi connectivity index (χ4v) is 3.41. The molecule has 0 unspecified atom stereocenters. The van der Waals surface area contributed by atoms with Crippen molar-refractivity contribution in [3.63, 3.8) is 0 Å². The van der Waals surface area contributed by atoms with Crippen molar-refractivity contribution < 1.29 is 4.79 Å². The average molecular weight is 327 g/mol. The Morgan fingerprint density at radius 2 is 1.40 bits per heavy atom. The lowest BCUT2D eigenvalue weighted by molar-refractivity contribution is 0.0950. The molecule has 3 aromatic carbocycles. The van der Waals surface area contributed by atoms with Crippen molar-refractivity contribution in [3.8, 4) is 11.1 Å². The molecule has 1 aliphatic rings. The lowest BCUT2D eigenvalue weighted by atomic mass is 9.95. The van der Waals surface area contributed by atoms with Crippen LogP contribution in [0.2, 0.25) is 0 Å². The molecule has 1 amide bonds. The predicted molar refractivity (Wildman–Crippen MR) is 102 cm³/mol. The Morgan fingerprint density at radius 1 is 0.800 bits per heavy atom. The van der Waals surface area contributed by atoms with Crippen LogP contribution >= 0.6 is 0 Å². The average Bonchev–Trinajstić information content (AvgIpc) is 3.49. The number of hydrogen-bond acceptors (Lipinski definition) is 1. The molecular formula is C23H21NO. The molecule has 2 nitrogen and oxygen atoms in total. The van der Waals surface area contributed by atoms with Gasteiger partial charge in [0.1, 0.15) is 0 Å². The standard InChI is InChI=1S/C23H21NO/c25-22(24-17-23(15-16-23)19-11-5-2-6-12-19)21-14-8-7-13-20(21)18-9-3-1-4-10-18/h1-14H,15-17H2,(H,24,25). The number of carbonyl (C=O) groups excluding carboxylic acids is 1. The second-order valence-corrected chi connectivity index (χ2v) is 6.74. The Bertz CT molecular complexity index is 867. The SMILES string of the molecule is O=C(NCC1(c2ccccc2)CC1)c1ccccc1-c1ccccc1. The largest absolute Gasteiger partial charge is 0.351 e. The molecule has 0 spiro atoms. The lowest BCUT2D eigenvalue weighted by Gasteiger charge is -2.17. The smallest absolute Gasteiger partial charge is 0.251 e. The molecule has 0 aromatic heterocycles. The third-order valence-corrected chi connectivity index (χ3v) is 5.08. The van der Waals surface area contributed by atoms with Crippen LogP contribution in [0.15, 0.2) is 84.9 Å². The zero-order chi connectivity index (χ0) is 17.1. The minimum Gasteiger partial charge on any atom is -0.351 e. The van der Waals surface area contributed by atoms with Crippen LogP contribution in [-0.2, 0) is 5.41 Å². The Balaban J connectivity index is 1.53. The minimum atomic E-state index is 0.00154.